The van der Waals surface area contributed by atoms with Crippen LogP contribution in [0, 0.1) is 5.92 Å². The first kappa shape index (κ1) is 21.0. The SMILES string of the molecule is CCC(=O)N(Cc1csc(COc2c(OC)cccc2OC)n1)CC(C)C. The summed E-state index contributed by atoms with van der Waals surface area (Å²) < 4.78 is 16.6. The molecule has 1 amide bonds. The van der Waals surface area contributed by atoms with Crippen molar-refractivity contribution in [3.63, 3.8) is 0 Å². The van der Waals surface area contributed by atoms with Crippen molar-refractivity contribution in [2.24, 2.45) is 5.92 Å². The number of nitrogens with zero attached hydrogens (tertiary/aromatic N) is 2. The van der Waals surface area contributed by atoms with Crippen LogP contribution in [0.25, 0.3) is 0 Å². The van der Waals surface area contributed by atoms with Gasteiger partial charge in [-0.3, -0.25) is 4.79 Å². The van der Waals surface area contributed by atoms with Gasteiger partial charge in [-0.15, -0.1) is 11.3 Å². The summed E-state index contributed by atoms with van der Waals surface area (Å²) in [7, 11) is 3.19. The Morgan fingerprint density at radius 1 is 1.22 bits per heavy atom. The summed E-state index contributed by atoms with van der Waals surface area (Å²) >= 11 is 1.52. The Kier molecular flexibility index (Phi) is 7.91. The number of rotatable bonds is 10. The van der Waals surface area contributed by atoms with E-state index in [1.54, 1.807) is 14.2 Å². The van der Waals surface area contributed by atoms with Gasteiger partial charge in [-0.25, -0.2) is 4.98 Å². The number of benzene rings is 1. The number of methoxy groups -OCH3 is 2. The summed E-state index contributed by atoms with van der Waals surface area (Å²) in [6.07, 6.45) is 0.500. The molecule has 0 aliphatic heterocycles. The third kappa shape index (κ3) is 5.85. The molecule has 0 spiro atoms. The van der Waals surface area contributed by atoms with Crippen LogP contribution in [0.5, 0.6) is 17.2 Å². The fourth-order valence-corrected chi connectivity index (χ4v) is 3.39. The molecule has 6 nitrogen and oxygen atoms in total. The Morgan fingerprint density at radius 2 is 1.89 bits per heavy atom. The third-order valence-electron chi connectivity index (χ3n) is 3.92. The predicted octanol–water partition coefficient (Wildman–Crippen LogP) is 4.13. The number of thiazole rings is 1. The standard InChI is InChI=1S/C20H28N2O4S/c1-6-19(23)22(10-14(2)3)11-15-13-27-18(21-15)12-26-20-16(24-4)8-7-9-17(20)25-5/h7-9,13-14H,6,10-12H2,1-5H3. The molecule has 0 bridgehead atoms. The largest absolute Gasteiger partial charge is 0.493 e. The molecule has 0 aliphatic carbocycles. The van der Waals surface area contributed by atoms with E-state index in [2.05, 4.69) is 18.8 Å². The average molecular weight is 393 g/mol. The summed E-state index contributed by atoms with van der Waals surface area (Å²) in [4.78, 5) is 18.6. The highest BCUT2D eigenvalue weighted by molar-refractivity contribution is 7.09. The molecule has 0 atom stereocenters. The molecule has 0 saturated heterocycles. The lowest BCUT2D eigenvalue weighted by Gasteiger charge is -2.23. The number of hydrogen-bond acceptors (Lipinski definition) is 6. The lowest BCUT2D eigenvalue weighted by atomic mass is 10.2. The van der Waals surface area contributed by atoms with Gasteiger partial charge < -0.3 is 19.1 Å². The van der Waals surface area contributed by atoms with Crippen LogP contribution < -0.4 is 14.2 Å². The molecule has 27 heavy (non-hydrogen) atoms. The summed E-state index contributed by atoms with van der Waals surface area (Å²) in [5, 5.41) is 2.82. The van der Waals surface area contributed by atoms with E-state index < -0.39 is 0 Å². The summed E-state index contributed by atoms with van der Waals surface area (Å²) in [5.74, 6) is 2.35. The van der Waals surface area contributed by atoms with E-state index in [9.17, 15) is 4.79 Å². The van der Waals surface area contributed by atoms with E-state index in [0.717, 1.165) is 17.2 Å². The van der Waals surface area contributed by atoms with Gasteiger partial charge in [0.25, 0.3) is 0 Å². The first-order valence-electron chi connectivity index (χ1n) is 9.03. The zero-order valence-corrected chi connectivity index (χ0v) is 17.5. The molecule has 0 unspecified atom stereocenters. The van der Waals surface area contributed by atoms with Crippen molar-refractivity contribution in [1.82, 2.24) is 9.88 Å². The molecule has 0 aliphatic rings. The minimum absolute atomic E-state index is 0.147. The van der Waals surface area contributed by atoms with E-state index in [1.807, 2.05) is 35.4 Å². The maximum absolute atomic E-state index is 12.2. The lowest BCUT2D eigenvalue weighted by Crippen LogP contribution is -2.33. The first-order chi connectivity index (χ1) is 13.0. The first-order valence-corrected chi connectivity index (χ1v) is 9.91. The smallest absolute Gasteiger partial charge is 0.222 e. The second kappa shape index (κ2) is 10.2. The zero-order valence-electron chi connectivity index (χ0n) is 16.7. The molecule has 0 N–H and O–H groups in total. The van der Waals surface area contributed by atoms with Gasteiger partial charge >= 0.3 is 0 Å². The molecular weight excluding hydrogens is 364 g/mol. The molecule has 1 aromatic carbocycles. The molecule has 2 aromatic rings. The molecule has 148 valence electrons. The van der Waals surface area contributed by atoms with Crippen LogP contribution in [-0.2, 0) is 17.9 Å². The van der Waals surface area contributed by atoms with Crippen LogP contribution in [0.3, 0.4) is 0 Å². The Morgan fingerprint density at radius 3 is 2.44 bits per heavy atom. The van der Waals surface area contributed by atoms with Crippen LogP contribution in [0.2, 0.25) is 0 Å². The van der Waals surface area contributed by atoms with Crippen molar-refractivity contribution in [2.75, 3.05) is 20.8 Å². The highest BCUT2D eigenvalue weighted by Gasteiger charge is 2.16. The summed E-state index contributed by atoms with van der Waals surface area (Å²) in [5.41, 5.74) is 0.882. The maximum atomic E-state index is 12.2. The Labute approximate surface area is 165 Å². The average Bonchev–Trinajstić information content (AvgIpc) is 3.11. The minimum atomic E-state index is 0.147. The van der Waals surface area contributed by atoms with Gasteiger partial charge in [0.15, 0.2) is 11.5 Å². The van der Waals surface area contributed by atoms with Crippen molar-refractivity contribution in [3.8, 4) is 17.2 Å². The molecule has 0 saturated carbocycles. The second-order valence-electron chi connectivity index (χ2n) is 6.53. The maximum Gasteiger partial charge on any atom is 0.222 e. The zero-order chi connectivity index (χ0) is 19.8. The third-order valence-corrected chi connectivity index (χ3v) is 4.79. The summed E-state index contributed by atoms with van der Waals surface area (Å²) in [6.45, 7) is 7.67. The van der Waals surface area contributed by atoms with Crippen molar-refractivity contribution in [3.05, 3.63) is 34.3 Å². The molecule has 1 aromatic heterocycles. The van der Waals surface area contributed by atoms with E-state index in [-0.39, 0.29) is 5.91 Å². The number of hydrogen-bond donors (Lipinski definition) is 0. The Bertz CT molecular complexity index is 723. The van der Waals surface area contributed by atoms with Crippen LogP contribution in [-0.4, -0.2) is 36.6 Å². The number of amides is 1. The van der Waals surface area contributed by atoms with Crippen LogP contribution in [0.15, 0.2) is 23.6 Å². The van der Waals surface area contributed by atoms with E-state index >= 15 is 0 Å². The van der Waals surface area contributed by atoms with Gasteiger partial charge in [0.1, 0.15) is 11.6 Å². The van der Waals surface area contributed by atoms with Crippen LogP contribution >= 0.6 is 11.3 Å². The summed E-state index contributed by atoms with van der Waals surface area (Å²) in [6, 6.07) is 5.50. The Hall–Kier alpha value is -2.28. The van der Waals surface area contributed by atoms with Gasteiger partial charge in [-0.05, 0) is 18.1 Å². The van der Waals surface area contributed by atoms with Gasteiger partial charge in [0.2, 0.25) is 11.7 Å². The van der Waals surface area contributed by atoms with E-state index in [4.69, 9.17) is 14.2 Å². The topological polar surface area (TPSA) is 60.9 Å². The van der Waals surface area contributed by atoms with Crippen molar-refractivity contribution in [2.45, 2.75) is 40.3 Å². The lowest BCUT2D eigenvalue weighted by molar-refractivity contribution is -0.132. The fourth-order valence-electron chi connectivity index (χ4n) is 2.70. The number of carbonyl (C=O) groups excluding carboxylic acids is 1. The molecule has 0 fully saturated rings. The molecule has 0 radical (unpaired) electrons. The van der Waals surface area contributed by atoms with Crippen molar-refractivity contribution < 1.29 is 19.0 Å². The molecular formula is C20H28N2O4S. The molecule has 1 heterocycles. The number of carbonyl (C=O) groups is 1. The normalized spacial score (nSPS) is 10.7. The van der Waals surface area contributed by atoms with Crippen LogP contribution in [0.4, 0.5) is 0 Å². The van der Waals surface area contributed by atoms with E-state index in [0.29, 0.717) is 42.7 Å². The van der Waals surface area contributed by atoms with Crippen molar-refractivity contribution >= 4 is 17.2 Å². The number of aromatic nitrogens is 1. The monoisotopic (exact) mass is 392 g/mol. The quantitative estimate of drug-likeness (QED) is 0.608. The van der Waals surface area contributed by atoms with E-state index in [1.165, 1.54) is 11.3 Å². The number of ether oxygens (including phenoxy) is 3. The predicted molar refractivity (Wildman–Crippen MR) is 107 cm³/mol. The van der Waals surface area contributed by atoms with Gasteiger partial charge in [-0.2, -0.15) is 0 Å². The second-order valence-corrected chi connectivity index (χ2v) is 7.48. The Balaban J connectivity index is 2.05. The van der Waals surface area contributed by atoms with Crippen molar-refractivity contribution in [1.29, 1.82) is 0 Å². The minimum Gasteiger partial charge on any atom is -0.493 e. The van der Waals surface area contributed by atoms with Gasteiger partial charge in [-0.1, -0.05) is 26.8 Å². The van der Waals surface area contributed by atoms with Gasteiger partial charge in [0, 0.05) is 18.3 Å². The number of para-hydroxylation sites is 1. The highest BCUT2D eigenvalue weighted by Crippen LogP contribution is 2.37. The highest BCUT2D eigenvalue weighted by atomic mass is 32.1. The molecule has 2 rings (SSSR count). The molecule has 7 heteroatoms. The fraction of sp³-hybridized carbons (Fsp3) is 0.500. The van der Waals surface area contributed by atoms with Gasteiger partial charge in [0.05, 0.1) is 26.5 Å². The van der Waals surface area contributed by atoms with Crippen LogP contribution in [0.1, 0.15) is 37.9 Å².